The number of ketones is 2. The largest absolute Gasteiger partial charge is 0.289 e. The molecule has 0 amide bonds. The summed E-state index contributed by atoms with van der Waals surface area (Å²) in [7, 11) is 0. The number of nitrogens with zero attached hydrogens (tertiary/aromatic N) is 4. The van der Waals surface area contributed by atoms with Gasteiger partial charge in [-0.2, -0.15) is 21.0 Å². The van der Waals surface area contributed by atoms with Crippen LogP contribution in [0.2, 0.25) is 0 Å². The van der Waals surface area contributed by atoms with Crippen LogP contribution >= 0.6 is 22.7 Å². The molecule has 0 N–H and O–H groups in total. The Morgan fingerprint density at radius 2 is 0.775 bits per heavy atom. The molecule has 1 aliphatic heterocycles. The molecule has 10 heteroatoms. The summed E-state index contributed by atoms with van der Waals surface area (Å²) in [6.07, 6.45) is 0. The van der Waals surface area contributed by atoms with Crippen LogP contribution in [0.1, 0.15) is 41.6 Å². The van der Waals surface area contributed by atoms with Gasteiger partial charge in [-0.15, -0.1) is 22.7 Å². The van der Waals surface area contributed by atoms with Crippen LogP contribution in [-0.4, -0.2) is 11.6 Å². The Morgan fingerprint density at radius 3 is 1.05 bits per heavy atom. The molecule has 40 heavy (non-hydrogen) atoms. The first-order valence-corrected chi connectivity index (χ1v) is 12.9. The molecule has 2 aliphatic carbocycles. The Hall–Kier alpha value is -5.78. The highest BCUT2D eigenvalue weighted by Crippen LogP contribution is 2.26. The summed E-state index contributed by atoms with van der Waals surface area (Å²) < 4.78 is 0.489. The fourth-order valence-corrected chi connectivity index (χ4v) is 6.06. The molecule has 0 fully saturated rings. The van der Waals surface area contributed by atoms with Gasteiger partial charge >= 0.3 is 0 Å². The Bertz CT molecular complexity index is 2000. The Morgan fingerprint density at radius 1 is 0.475 bits per heavy atom. The summed E-state index contributed by atoms with van der Waals surface area (Å²) in [6, 6.07) is 26.8. The molecule has 8 nitrogen and oxygen atoms in total. The van der Waals surface area contributed by atoms with Crippen molar-refractivity contribution in [2.24, 2.45) is 0 Å². The molecule has 0 bridgehead atoms. The van der Waals surface area contributed by atoms with Crippen LogP contribution in [0.15, 0.2) is 82.4 Å². The third kappa shape index (κ3) is 4.88. The average Bonchev–Trinajstić information content (AvgIpc) is 3.02. The van der Waals surface area contributed by atoms with Crippen LogP contribution in [0.3, 0.4) is 0 Å². The molecule has 6 rings (SSSR count). The Labute approximate surface area is 233 Å². The normalized spacial score (nSPS) is 10.7. The predicted molar refractivity (Wildman–Crippen MR) is 148 cm³/mol. The average molecular weight is 557 g/mol. The van der Waals surface area contributed by atoms with Gasteiger partial charge in [-0.1, -0.05) is 72.8 Å². The summed E-state index contributed by atoms with van der Waals surface area (Å²) >= 11 is 1.82. The predicted octanol–water partition coefficient (Wildman–Crippen LogP) is 4.65. The minimum Gasteiger partial charge on any atom is -0.289 e. The van der Waals surface area contributed by atoms with Gasteiger partial charge in [0.25, 0.3) is 0 Å². The van der Waals surface area contributed by atoms with Gasteiger partial charge in [0.15, 0.2) is 23.7 Å². The van der Waals surface area contributed by atoms with Crippen molar-refractivity contribution >= 4 is 45.0 Å². The minimum atomic E-state index is -0.266. The molecule has 3 aromatic rings. The van der Waals surface area contributed by atoms with Gasteiger partial charge < -0.3 is 0 Å². The van der Waals surface area contributed by atoms with Gasteiger partial charge in [-0.25, -0.2) is 0 Å². The van der Waals surface area contributed by atoms with E-state index in [0.29, 0.717) is 33.0 Å². The fourth-order valence-electron chi connectivity index (χ4n) is 4.01. The Balaban J connectivity index is 0.000000166. The summed E-state index contributed by atoms with van der Waals surface area (Å²) in [5.74, 6) is -0.128. The van der Waals surface area contributed by atoms with Gasteiger partial charge in [0.1, 0.15) is 21.9 Å². The second kappa shape index (κ2) is 11.7. The summed E-state index contributed by atoms with van der Waals surface area (Å²) in [5.41, 5.74) is 1.49. The molecule has 1 heterocycles. The second-order valence-electron chi connectivity index (χ2n) is 7.92. The number of nitriles is 4. The van der Waals surface area contributed by atoms with Crippen LogP contribution in [0.5, 0.6) is 0 Å². The van der Waals surface area contributed by atoms with Crippen molar-refractivity contribution in [3.05, 3.63) is 134 Å². The van der Waals surface area contributed by atoms with E-state index in [-0.39, 0.29) is 41.2 Å². The highest BCUT2D eigenvalue weighted by atomic mass is 32.1. The maximum absolute atomic E-state index is 12.4. The lowest BCUT2D eigenvalue weighted by Gasteiger charge is -2.16. The van der Waals surface area contributed by atoms with E-state index in [0.717, 1.165) is 22.7 Å². The number of hydrogen-bond donors (Lipinski definition) is 0. The number of carbonyl (C=O) groups is 2. The SMILES string of the molecule is N#CC#N.N#Cc1sc2c(=O)c3ccccc3c(=O)c=2sc1C#N.O=C1c2ccccc2C(=O)c2ccccc21. The first-order valence-electron chi connectivity index (χ1n) is 11.3. The first kappa shape index (κ1) is 27.3. The third-order valence-corrected chi connectivity index (χ3v) is 8.18. The van der Waals surface area contributed by atoms with Crippen molar-refractivity contribution in [1.29, 1.82) is 21.0 Å². The zero-order chi connectivity index (χ0) is 28.8. The van der Waals surface area contributed by atoms with Crippen molar-refractivity contribution in [3.8, 4) is 24.3 Å². The van der Waals surface area contributed by atoms with E-state index in [1.165, 1.54) is 12.1 Å². The number of rotatable bonds is 0. The molecule has 3 aliphatic rings. The van der Waals surface area contributed by atoms with Gasteiger partial charge in [0.2, 0.25) is 10.9 Å². The first-order chi connectivity index (χ1) is 19.4. The van der Waals surface area contributed by atoms with Crippen molar-refractivity contribution in [2.75, 3.05) is 0 Å². The molecule has 188 valence electrons. The second-order valence-corrected chi connectivity index (χ2v) is 9.96. The third-order valence-electron chi connectivity index (χ3n) is 5.74. The Kier molecular flexibility index (Phi) is 7.99. The maximum atomic E-state index is 12.4. The van der Waals surface area contributed by atoms with E-state index >= 15 is 0 Å². The molecule has 0 saturated carbocycles. The lowest BCUT2D eigenvalue weighted by molar-refractivity contribution is 0.0979. The summed E-state index contributed by atoms with van der Waals surface area (Å²) in [6.45, 7) is 0. The van der Waals surface area contributed by atoms with Crippen molar-refractivity contribution < 1.29 is 9.59 Å². The topological polar surface area (TPSA) is 163 Å². The van der Waals surface area contributed by atoms with Crippen molar-refractivity contribution in [1.82, 2.24) is 0 Å². The van der Waals surface area contributed by atoms with Crippen LogP contribution in [0.4, 0.5) is 0 Å². The molecule has 0 aromatic heterocycles. The highest BCUT2D eigenvalue weighted by molar-refractivity contribution is 7.18. The van der Waals surface area contributed by atoms with Gasteiger partial charge in [-0.05, 0) is 0 Å². The van der Waals surface area contributed by atoms with Crippen LogP contribution in [-0.2, 0) is 0 Å². The minimum absolute atomic E-state index is 0.0641. The highest BCUT2D eigenvalue weighted by Gasteiger charge is 2.28. The van der Waals surface area contributed by atoms with Gasteiger partial charge in [0.05, 0.1) is 9.06 Å². The maximum Gasteiger partial charge on any atom is 0.205 e. The van der Waals surface area contributed by atoms with E-state index in [2.05, 4.69) is 0 Å². The molecular weight excluding hydrogens is 544 g/mol. The number of benzene rings is 3. The van der Waals surface area contributed by atoms with E-state index in [4.69, 9.17) is 21.0 Å². The zero-order valence-electron chi connectivity index (χ0n) is 20.2. The van der Waals surface area contributed by atoms with E-state index in [1.54, 1.807) is 72.8 Å². The van der Waals surface area contributed by atoms with Crippen LogP contribution < -0.4 is 10.9 Å². The number of hydrogen-bond acceptors (Lipinski definition) is 10. The summed E-state index contributed by atoms with van der Waals surface area (Å²) in [5, 5.41) is 33.3. The summed E-state index contributed by atoms with van der Waals surface area (Å²) in [4.78, 5) is 49.3. The molecule has 0 spiro atoms. The quantitative estimate of drug-likeness (QED) is 0.261. The lowest BCUT2D eigenvalue weighted by Crippen LogP contribution is -2.20. The number of fused-ring (bicyclic) bond motifs is 3. The smallest absolute Gasteiger partial charge is 0.205 e. The standard InChI is InChI=1S/C14H4N2O2S2.C14H8O2.C2N2/c15-5-9-10(6-16)20-14-12(18)8-4-2-1-3-7(8)11(17)13(14)19-9;15-13-9-5-1-2-6-10(9)14(16)12-8-4-3-7-11(12)13;3-1-2-4/h1-4H;1-8H;. The van der Waals surface area contributed by atoms with Crippen molar-refractivity contribution in [3.63, 3.8) is 0 Å². The lowest BCUT2D eigenvalue weighted by atomic mass is 9.84. The molecule has 0 radical (unpaired) electrons. The fraction of sp³-hybridized carbons (Fsp3) is 0. The zero-order valence-corrected chi connectivity index (χ0v) is 21.8. The monoisotopic (exact) mass is 556 g/mol. The number of carbonyl (C=O) groups excluding carboxylic acids is 2. The van der Waals surface area contributed by atoms with Gasteiger partial charge in [0, 0.05) is 33.0 Å². The molecule has 0 unspecified atom stereocenters. The van der Waals surface area contributed by atoms with Gasteiger partial charge in [-0.3, -0.25) is 19.2 Å². The van der Waals surface area contributed by atoms with Crippen LogP contribution in [0.25, 0.3) is 10.8 Å². The van der Waals surface area contributed by atoms with E-state index in [9.17, 15) is 19.2 Å². The molecular formula is C30H12N4O4S2. The molecule has 3 aromatic carbocycles. The molecule has 0 atom stereocenters. The van der Waals surface area contributed by atoms with E-state index in [1.807, 2.05) is 12.1 Å². The molecule has 0 saturated heterocycles. The van der Waals surface area contributed by atoms with Crippen molar-refractivity contribution in [2.45, 2.75) is 0 Å². The van der Waals surface area contributed by atoms with Crippen LogP contribution in [0, 0.1) is 54.4 Å². The van der Waals surface area contributed by atoms with E-state index < -0.39 is 0 Å².